The van der Waals surface area contributed by atoms with Gasteiger partial charge in [-0.15, -0.1) is 0 Å². The van der Waals surface area contributed by atoms with Crippen molar-refractivity contribution in [3.8, 4) is 0 Å². The highest BCUT2D eigenvalue weighted by atomic mass is 35.5. The zero-order chi connectivity index (χ0) is 13.8. The lowest BCUT2D eigenvalue weighted by atomic mass is 9.95. The molecule has 2 aromatic rings. The van der Waals surface area contributed by atoms with Crippen molar-refractivity contribution >= 4 is 11.6 Å². The Hall–Kier alpha value is -1.32. The van der Waals surface area contributed by atoms with E-state index in [0.29, 0.717) is 0 Å². The molecule has 1 unspecified atom stereocenters. The molecule has 3 nitrogen and oxygen atoms in total. The third-order valence-corrected chi connectivity index (χ3v) is 3.69. The number of aliphatic hydroxyl groups is 1. The molecule has 0 saturated heterocycles. The molecule has 1 N–H and O–H groups in total. The normalized spacial score (nSPS) is 12.6. The van der Waals surface area contributed by atoms with Crippen LogP contribution in [0.3, 0.4) is 0 Å². The lowest BCUT2D eigenvalue weighted by Crippen LogP contribution is -2.15. The van der Waals surface area contributed by atoms with E-state index in [1.165, 1.54) is 0 Å². The number of aryl methyl sites for hydroxylation is 2. The first-order valence-corrected chi connectivity index (χ1v) is 6.81. The quantitative estimate of drug-likeness (QED) is 0.913. The largest absolute Gasteiger partial charge is 0.396 e. The summed E-state index contributed by atoms with van der Waals surface area (Å²) in [5, 5.41) is 14.7. The smallest absolute Gasteiger partial charge is 0.0596 e. The summed E-state index contributed by atoms with van der Waals surface area (Å²) in [6.07, 6.45) is 1.58. The van der Waals surface area contributed by atoms with Crippen LogP contribution in [0.15, 0.2) is 30.3 Å². The van der Waals surface area contributed by atoms with Crippen molar-refractivity contribution in [3.05, 3.63) is 52.3 Å². The van der Waals surface area contributed by atoms with Crippen molar-refractivity contribution < 1.29 is 5.11 Å². The summed E-state index contributed by atoms with van der Waals surface area (Å²) in [7, 11) is 1.94. The van der Waals surface area contributed by atoms with Crippen molar-refractivity contribution in [2.75, 3.05) is 6.61 Å². The standard InChI is InChI=1S/C15H19ClN2O/c1-11-7-14(18(2)17-11)9-12(10-19)8-13-5-3-4-6-15(13)16/h3-7,12,19H,8-10H2,1-2H3. The Balaban J connectivity index is 2.09. The van der Waals surface area contributed by atoms with Gasteiger partial charge in [-0.2, -0.15) is 5.10 Å². The Morgan fingerprint density at radius 3 is 2.63 bits per heavy atom. The number of rotatable bonds is 5. The van der Waals surface area contributed by atoms with Crippen LogP contribution in [-0.4, -0.2) is 21.5 Å². The lowest BCUT2D eigenvalue weighted by molar-refractivity contribution is 0.223. The fourth-order valence-electron chi connectivity index (χ4n) is 2.33. The van der Waals surface area contributed by atoms with Gasteiger partial charge in [0.1, 0.15) is 0 Å². The van der Waals surface area contributed by atoms with Gasteiger partial charge < -0.3 is 5.11 Å². The maximum atomic E-state index is 9.56. The van der Waals surface area contributed by atoms with Gasteiger partial charge in [0.2, 0.25) is 0 Å². The molecule has 1 aromatic heterocycles. The van der Waals surface area contributed by atoms with Gasteiger partial charge in [0.25, 0.3) is 0 Å². The molecule has 1 atom stereocenters. The van der Waals surface area contributed by atoms with Gasteiger partial charge >= 0.3 is 0 Å². The molecule has 0 aliphatic carbocycles. The van der Waals surface area contributed by atoms with E-state index in [4.69, 9.17) is 11.6 Å². The topological polar surface area (TPSA) is 38.0 Å². The van der Waals surface area contributed by atoms with Crippen LogP contribution in [0.4, 0.5) is 0 Å². The molecule has 0 spiro atoms. The summed E-state index contributed by atoms with van der Waals surface area (Å²) >= 11 is 6.16. The van der Waals surface area contributed by atoms with E-state index in [0.717, 1.165) is 34.8 Å². The molecule has 1 heterocycles. The highest BCUT2D eigenvalue weighted by molar-refractivity contribution is 6.31. The average molecular weight is 279 g/mol. The molecule has 0 aliphatic rings. The summed E-state index contributed by atoms with van der Waals surface area (Å²) in [6, 6.07) is 9.86. The Labute approximate surface area is 118 Å². The van der Waals surface area contributed by atoms with Crippen LogP contribution in [0.5, 0.6) is 0 Å². The summed E-state index contributed by atoms with van der Waals surface area (Å²) in [5.41, 5.74) is 3.23. The van der Waals surface area contributed by atoms with Crippen molar-refractivity contribution in [3.63, 3.8) is 0 Å². The second-order valence-corrected chi connectivity index (χ2v) is 5.36. The lowest BCUT2D eigenvalue weighted by Gasteiger charge is -2.15. The summed E-state index contributed by atoms with van der Waals surface area (Å²) < 4.78 is 1.88. The predicted octanol–water partition coefficient (Wildman–Crippen LogP) is 2.78. The van der Waals surface area contributed by atoms with Crippen LogP contribution in [0.2, 0.25) is 5.02 Å². The number of aromatic nitrogens is 2. The third kappa shape index (κ3) is 3.58. The Morgan fingerprint density at radius 2 is 2.05 bits per heavy atom. The average Bonchev–Trinajstić information content (AvgIpc) is 2.69. The van der Waals surface area contributed by atoms with Crippen LogP contribution < -0.4 is 0 Å². The van der Waals surface area contributed by atoms with Crippen molar-refractivity contribution in [2.24, 2.45) is 13.0 Å². The van der Waals surface area contributed by atoms with Gasteiger partial charge in [0.15, 0.2) is 0 Å². The zero-order valence-electron chi connectivity index (χ0n) is 11.3. The minimum Gasteiger partial charge on any atom is -0.396 e. The number of benzene rings is 1. The number of hydrogen-bond acceptors (Lipinski definition) is 2. The second-order valence-electron chi connectivity index (χ2n) is 4.95. The minimum absolute atomic E-state index is 0.148. The number of nitrogens with zero attached hydrogens (tertiary/aromatic N) is 2. The molecule has 0 fully saturated rings. The van der Waals surface area contributed by atoms with E-state index in [1.54, 1.807) is 0 Å². The summed E-state index contributed by atoms with van der Waals surface area (Å²) in [4.78, 5) is 0. The summed E-state index contributed by atoms with van der Waals surface area (Å²) in [5.74, 6) is 0.162. The Morgan fingerprint density at radius 1 is 1.32 bits per heavy atom. The molecule has 1 aromatic carbocycles. The van der Waals surface area contributed by atoms with Crippen molar-refractivity contribution in [1.29, 1.82) is 0 Å². The molecular formula is C15H19ClN2O. The molecule has 19 heavy (non-hydrogen) atoms. The molecule has 0 amide bonds. The first-order chi connectivity index (χ1) is 9.10. The third-order valence-electron chi connectivity index (χ3n) is 3.32. The first kappa shape index (κ1) is 14.1. The second kappa shape index (κ2) is 6.22. The zero-order valence-corrected chi connectivity index (χ0v) is 12.1. The van der Waals surface area contributed by atoms with Crippen molar-refractivity contribution in [1.82, 2.24) is 9.78 Å². The van der Waals surface area contributed by atoms with E-state index in [2.05, 4.69) is 11.2 Å². The maximum Gasteiger partial charge on any atom is 0.0596 e. The van der Waals surface area contributed by atoms with E-state index in [-0.39, 0.29) is 12.5 Å². The molecule has 0 radical (unpaired) electrons. The fourth-order valence-corrected chi connectivity index (χ4v) is 2.54. The van der Waals surface area contributed by atoms with Gasteiger partial charge in [-0.05, 0) is 43.4 Å². The van der Waals surface area contributed by atoms with Crippen LogP contribution >= 0.6 is 11.6 Å². The Bertz CT molecular complexity index is 551. The van der Waals surface area contributed by atoms with Crippen LogP contribution in [0.1, 0.15) is 17.0 Å². The van der Waals surface area contributed by atoms with E-state index >= 15 is 0 Å². The number of aliphatic hydroxyl groups excluding tert-OH is 1. The molecule has 0 bridgehead atoms. The molecule has 0 aliphatic heterocycles. The first-order valence-electron chi connectivity index (χ1n) is 6.44. The number of halogens is 1. The monoisotopic (exact) mass is 278 g/mol. The van der Waals surface area contributed by atoms with Gasteiger partial charge in [-0.1, -0.05) is 29.8 Å². The maximum absolute atomic E-state index is 9.56. The molecule has 102 valence electrons. The van der Waals surface area contributed by atoms with E-state index < -0.39 is 0 Å². The molecule has 2 rings (SSSR count). The van der Waals surface area contributed by atoms with Crippen LogP contribution in [0, 0.1) is 12.8 Å². The highest BCUT2D eigenvalue weighted by Gasteiger charge is 2.14. The summed E-state index contributed by atoms with van der Waals surface area (Å²) in [6.45, 7) is 2.13. The molecule has 0 saturated carbocycles. The van der Waals surface area contributed by atoms with Crippen LogP contribution in [0.25, 0.3) is 0 Å². The van der Waals surface area contributed by atoms with Gasteiger partial charge in [-0.25, -0.2) is 0 Å². The molecular weight excluding hydrogens is 260 g/mol. The fraction of sp³-hybridized carbons (Fsp3) is 0.400. The minimum atomic E-state index is 0.148. The van der Waals surface area contributed by atoms with Crippen molar-refractivity contribution in [2.45, 2.75) is 19.8 Å². The predicted molar refractivity (Wildman–Crippen MR) is 77.4 cm³/mol. The van der Waals surface area contributed by atoms with E-state index in [1.807, 2.05) is 42.9 Å². The van der Waals surface area contributed by atoms with E-state index in [9.17, 15) is 5.11 Å². The Kier molecular flexibility index (Phi) is 4.61. The van der Waals surface area contributed by atoms with Crippen LogP contribution in [-0.2, 0) is 19.9 Å². The number of hydrogen-bond donors (Lipinski definition) is 1. The molecule has 4 heteroatoms. The van der Waals surface area contributed by atoms with Gasteiger partial charge in [0, 0.05) is 24.4 Å². The van der Waals surface area contributed by atoms with Gasteiger partial charge in [-0.3, -0.25) is 4.68 Å². The SMILES string of the molecule is Cc1cc(CC(CO)Cc2ccccc2Cl)n(C)n1. The van der Waals surface area contributed by atoms with Gasteiger partial charge in [0.05, 0.1) is 5.69 Å². The highest BCUT2D eigenvalue weighted by Crippen LogP contribution is 2.21.